The lowest BCUT2D eigenvalue weighted by molar-refractivity contribution is -0.120. The molecule has 0 radical (unpaired) electrons. The molecule has 0 amide bonds. The molecule has 1 unspecified atom stereocenters. The Balaban J connectivity index is 2.10. The molecule has 0 saturated heterocycles. The van der Waals surface area contributed by atoms with Crippen molar-refractivity contribution in [3.63, 3.8) is 0 Å². The second-order valence-corrected chi connectivity index (χ2v) is 5.69. The number of carbonyl (C=O) groups is 1. The number of fused-ring (bicyclic) bond motifs is 1. The molecule has 0 aromatic heterocycles. The first-order valence-electron chi connectivity index (χ1n) is 5.84. The molecule has 1 aliphatic heterocycles. The lowest BCUT2D eigenvalue weighted by atomic mass is 9.90. The van der Waals surface area contributed by atoms with Gasteiger partial charge < -0.3 is 4.74 Å². The fourth-order valence-electron chi connectivity index (χ4n) is 2.35. The molecule has 19 heavy (non-hydrogen) atoms. The van der Waals surface area contributed by atoms with Gasteiger partial charge in [0.2, 0.25) is 0 Å². The van der Waals surface area contributed by atoms with E-state index < -0.39 is 5.60 Å². The molecular weight excluding hydrogens is 328 g/mol. The molecule has 0 aliphatic carbocycles. The van der Waals surface area contributed by atoms with Crippen LogP contribution in [0.25, 0.3) is 0 Å². The molecule has 4 heteroatoms. The Hall–Kier alpha value is -1.32. The van der Waals surface area contributed by atoms with Crippen LogP contribution in [0.15, 0.2) is 46.9 Å². The van der Waals surface area contributed by atoms with Gasteiger partial charge in [0, 0.05) is 22.0 Å². The SMILES string of the molecule is O=CC1(c2ccccc2)Cc2c(ccc(Cl)c2Br)O1. The van der Waals surface area contributed by atoms with Crippen molar-refractivity contribution in [3.05, 3.63) is 63.1 Å². The summed E-state index contributed by atoms with van der Waals surface area (Å²) in [6.07, 6.45) is 1.35. The number of aldehydes is 1. The lowest BCUT2D eigenvalue weighted by Crippen LogP contribution is -2.33. The zero-order chi connectivity index (χ0) is 13.5. The van der Waals surface area contributed by atoms with E-state index in [1.165, 1.54) is 0 Å². The van der Waals surface area contributed by atoms with Crippen molar-refractivity contribution in [2.75, 3.05) is 0 Å². The van der Waals surface area contributed by atoms with Gasteiger partial charge in [0.25, 0.3) is 0 Å². The Kier molecular flexibility index (Phi) is 3.11. The van der Waals surface area contributed by atoms with Crippen LogP contribution < -0.4 is 4.74 Å². The highest BCUT2D eigenvalue weighted by Crippen LogP contribution is 2.45. The fraction of sp³-hybridized carbons (Fsp3) is 0.133. The summed E-state index contributed by atoms with van der Waals surface area (Å²) in [5.41, 5.74) is 0.837. The predicted octanol–water partition coefficient (Wildman–Crippen LogP) is 4.13. The van der Waals surface area contributed by atoms with Gasteiger partial charge in [0.15, 0.2) is 11.9 Å². The van der Waals surface area contributed by atoms with Gasteiger partial charge in [-0.2, -0.15) is 0 Å². The van der Waals surface area contributed by atoms with Gasteiger partial charge in [-0.25, -0.2) is 0 Å². The lowest BCUT2D eigenvalue weighted by Gasteiger charge is -2.22. The van der Waals surface area contributed by atoms with E-state index in [1.54, 1.807) is 12.1 Å². The van der Waals surface area contributed by atoms with Gasteiger partial charge in [-0.05, 0) is 28.1 Å². The van der Waals surface area contributed by atoms with E-state index in [1.807, 2.05) is 30.3 Å². The van der Waals surface area contributed by atoms with Crippen molar-refractivity contribution in [1.29, 1.82) is 0 Å². The average Bonchev–Trinajstić information content (AvgIpc) is 2.85. The Morgan fingerprint density at radius 1 is 1.21 bits per heavy atom. The molecule has 2 nitrogen and oxygen atoms in total. The van der Waals surface area contributed by atoms with Crippen LogP contribution in [0.4, 0.5) is 0 Å². The topological polar surface area (TPSA) is 26.3 Å². The van der Waals surface area contributed by atoms with Crippen molar-refractivity contribution in [3.8, 4) is 5.75 Å². The summed E-state index contributed by atoms with van der Waals surface area (Å²) < 4.78 is 6.71. The summed E-state index contributed by atoms with van der Waals surface area (Å²) in [6, 6.07) is 13.1. The normalized spacial score (nSPS) is 20.7. The molecule has 1 aliphatic rings. The van der Waals surface area contributed by atoms with Crippen LogP contribution in [0, 0.1) is 0 Å². The van der Waals surface area contributed by atoms with E-state index in [9.17, 15) is 4.79 Å². The predicted molar refractivity (Wildman–Crippen MR) is 77.7 cm³/mol. The highest BCUT2D eigenvalue weighted by atomic mass is 79.9. The summed E-state index contributed by atoms with van der Waals surface area (Å²) in [5, 5.41) is 0.622. The summed E-state index contributed by atoms with van der Waals surface area (Å²) in [4.78, 5) is 11.6. The molecule has 0 bridgehead atoms. The smallest absolute Gasteiger partial charge is 0.193 e. The summed E-state index contributed by atoms with van der Waals surface area (Å²) in [7, 11) is 0. The van der Waals surface area contributed by atoms with Crippen molar-refractivity contribution in [1.82, 2.24) is 0 Å². The number of hydrogen-bond donors (Lipinski definition) is 0. The molecule has 96 valence electrons. The van der Waals surface area contributed by atoms with Gasteiger partial charge >= 0.3 is 0 Å². The third-order valence-electron chi connectivity index (χ3n) is 3.34. The molecule has 0 spiro atoms. The van der Waals surface area contributed by atoms with Crippen LogP contribution in [0.3, 0.4) is 0 Å². The number of benzene rings is 2. The quantitative estimate of drug-likeness (QED) is 0.770. The molecule has 3 rings (SSSR count). The standard InChI is InChI=1S/C15H10BrClO2/c16-14-11-8-15(9-18,10-4-2-1-3-5-10)19-13(11)7-6-12(14)17/h1-7,9H,8H2. The third kappa shape index (κ3) is 1.97. The third-order valence-corrected chi connectivity index (χ3v) is 4.79. The molecule has 0 N–H and O–H groups in total. The average molecular weight is 338 g/mol. The molecule has 0 saturated carbocycles. The minimum Gasteiger partial charge on any atom is -0.474 e. The highest BCUT2D eigenvalue weighted by Gasteiger charge is 2.42. The zero-order valence-electron chi connectivity index (χ0n) is 9.90. The number of ether oxygens (including phenoxy) is 1. The zero-order valence-corrected chi connectivity index (χ0v) is 12.2. The monoisotopic (exact) mass is 336 g/mol. The minimum atomic E-state index is -0.948. The van der Waals surface area contributed by atoms with Crippen LogP contribution in [0.5, 0.6) is 5.75 Å². The van der Waals surface area contributed by atoms with E-state index in [0.717, 1.165) is 21.9 Å². The van der Waals surface area contributed by atoms with Crippen LogP contribution in [0.2, 0.25) is 5.02 Å². The Morgan fingerprint density at radius 3 is 2.63 bits per heavy atom. The first-order valence-corrected chi connectivity index (χ1v) is 7.01. The molecular formula is C15H10BrClO2. The summed E-state index contributed by atoms with van der Waals surface area (Å²) in [6.45, 7) is 0. The highest BCUT2D eigenvalue weighted by molar-refractivity contribution is 9.10. The maximum atomic E-state index is 11.6. The van der Waals surface area contributed by atoms with Crippen LogP contribution >= 0.6 is 27.5 Å². The number of carbonyl (C=O) groups excluding carboxylic acids is 1. The van der Waals surface area contributed by atoms with Crippen molar-refractivity contribution in [2.45, 2.75) is 12.0 Å². The summed E-state index contributed by atoms with van der Waals surface area (Å²) >= 11 is 9.54. The van der Waals surface area contributed by atoms with Crippen LogP contribution in [-0.4, -0.2) is 6.29 Å². The van der Waals surface area contributed by atoms with Gasteiger partial charge in [-0.3, -0.25) is 4.79 Å². The molecule has 1 heterocycles. The second-order valence-electron chi connectivity index (χ2n) is 4.49. The van der Waals surface area contributed by atoms with Crippen molar-refractivity contribution >= 4 is 33.8 Å². The first kappa shape index (κ1) is 12.7. The van der Waals surface area contributed by atoms with Gasteiger partial charge in [0.05, 0.1) is 5.02 Å². The minimum absolute atomic E-state index is 0.483. The largest absolute Gasteiger partial charge is 0.474 e. The van der Waals surface area contributed by atoms with E-state index >= 15 is 0 Å². The maximum absolute atomic E-state index is 11.6. The van der Waals surface area contributed by atoms with E-state index in [4.69, 9.17) is 16.3 Å². The van der Waals surface area contributed by atoms with Crippen LogP contribution in [-0.2, 0) is 16.8 Å². The van der Waals surface area contributed by atoms with Gasteiger partial charge in [0.1, 0.15) is 5.75 Å². The summed E-state index contributed by atoms with van der Waals surface area (Å²) in [5.74, 6) is 0.701. The fourth-order valence-corrected chi connectivity index (χ4v) is 2.99. The van der Waals surface area contributed by atoms with Crippen molar-refractivity contribution in [2.24, 2.45) is 0 Å². The van der Waals surface area contributed by atoms with Crippen LogP contribution in [0.1, 0.15) is 11.1 Å². The first-order chi connectivity index (χ1) is 9.16. The Bertz CT molecular complexity index is 642. The van der Waals surface area contributed by atoms with Gasteiger partial charge in [-0.15, -0.1) is 0 Å². The molecule has 0 fully saturated rings. The Labute approximate surface area is 124 Å². The molecule has 2 aromatic rings. The number of hydrogen-bond acceptors (Lipinski definition) is 2. The van der Waals surface area contributed by atoms with Gasteiger partial charge in [-0.1, -0.05) is 41.9 Å². The number of rotatable bonds is 2. The second kappa shape index (κ2) is 4.66. The molecule has 1 atom stereocenters. The van der Waals surface area contributed by atoms with E-state index in [2.05, 4.69) is 15.9 Å². The van der Waals surface area contributed by atoms with E-state index in [-0.39, 0.29) is 0 Å². The Morgan fingerprint density at radius 2 is 1.95 bits per heavy atom. The van der Waals surface area contributed by atoms with Crippen molar-refractivity contribution < 1.29 is 9.53 Å². The number of halogens is 2. The molecule has 2 aromatic carbocycles. The van der Waals surface area contributed by atoms with E-state index in [0.29, 0.717) is 17.2 Å². The maximum Gasteiger partial charge on any atom is 0.193 e.